The fraction of sp³-hybridized carbons (Fsp3) is 0.100. The summed E-state index contributed by atoms with van der Waals surface area (Å²) in [6, 6.07) is 8.35. The number of hydrogen-bond donors (Lipinski definition) is 0. The first-order valence-corrected chi connectivity index (χ1v) is 3.91. The average molecular weight is 158 g/mol. The topological polar surface area (TPSA) is 17.8 Å². The van der Waals surface area contributed by atoms with Gasteiger partial charge in [-0.05, 0) is 19.1 Å². The molecule has 0 aliphatic carbocycles. The van der Waals surface area contributed by atoms with Gasteiger partial charge in [0, 0.05) is 18.1 Å². The molecular formula is C10H10N2. The molecule has 0 spiro atoms. The van der Waals surface area contributed by atoms with Gasteiger partial charge < -0.3 is 4.57 Å². The SMILES string of the molecule is Cc1ccc(-n2ccnc2)cc1. The lowest BCUT2D eigenvalue weighted by Gasteiger charge is -2.00. The van der Waals surface area contributed by atoms with Crippen molar-refractivity contribution in [2.24, 2.45) is 0 Å². The second kappa shape index (κ2) is 2.81. The third kappa shape index (κ3) is 1.23. The van der Waals surface area contributed by atoms with Crippen LogP contribution < -0.4 is 0 Å². The summed E-state index contributed by atoms with van der Waals surface area (Å²) < 4.78 is 1.99. The van der Waals surface area contributed by atoms with E-state index >= 15 is 0 Å². The van der Waals surface area contributed by atoms with E-state index in [0.717, 1.165) is 5.69 Å². The lowest BCUT2D eigenvalue weighted by atomic mass is 10.2. The third-order valence-electron chi connectivity index (χ3n) is 1.84. The second-order valence-corrected chi connectivity index (χ2v) is 2.81. The van der Waals surface area contributed by atoms with Crippen molar-refractivity contribution in [1.29, 1.82) is 0 Å². The third-order valence-corrected chi connectivity index (χ3v) is 1.84. The molecule has 1 heterocycles. The molecule has 0 amide bonds. The van der Waals surface area contributed by atoms with Gasteiger partial charge in [-0.3, -0.25) is 0 Å². The predicted octanol–water partition coefficient (Wildman–Crippen LogP) is 2.18. The Hall–Kier alpha value is -1.57. The van der Waals surface area contributed by atoms with E-state index in [4.69, 9.17) is 0 Å². The number of aryl methyl sites for hydroxylation is 1. The zero-order chi connectivity index (χ0) is 8.39. The van der Waals surface area contributed by atoms with Crippen molar-refractivity contribution < 1.29 is 0 Å². The van der Waals surface area contributed by atoms with Crippen LogP contribution in [0.3, 0.4) is 0 Å². The van der Waals surface area contributed by atoms with Crippen molar-refractivity contribution in [3.63, 3.8) is 0 Å². The highest BCUT2D eigenvalue weighted by atomic mass is 15.0. The summed E-state index contributed by atoms with van der Waals surface area (Å²) in [5.74, 6) is 0. The maximum atomic E-state index is 3.98. The first-order chi connectivity index (χ1) is 5.86. The highest BCUT2D eigenvalue weighted by Crippen LogP contribution is 2.07. The van der Waals surface area contributed by atoms with Gasteiger partial charge in [-0.15, -0.1) is 0 Å². The number of nitrogens with zero attached hydrogens (tertiary/aromatic N) is 2. The van der Waals surface area contributed by atoms with Gasteiger partial charge in [0.15, 0.2) is 0 Å². The van der Waals surface area contributed by atoms with Gasteiger partial charge >= 0.3 is 0 Å². The number of rotatable bonds is 1. The first-order valence-electron chi connectivity index (χ1n) is 3.91. The molecule has 0 aliphatic rings. The lowest BCUT2D eigenvalue weighted by Crippen LogP contribution is -1.88. The van der Waals surface area contributed by atoms with Crippen LogP contribution in [0.2, 0.25) is 0 Å². The molecule has 0 unspecified atom stereocenters. The van der Waals surface area contributed by atoms with Crippen LogP contribution >= 0.6 is 0 Å². The Bertz CT molecular complexity index is 346. The summed E-state index contributed by atoms with van der Waals surface area (Å²) in [7, 11) is 0. The van der Waals surface area contributed by atoms with Crippen molar-refractivity contribution in [3.05, 3.63) is 48.5 Å². The van der Waals surface area contributed by atoms with E-state index in [9.17, 15) is 0 Å². The zero-order valence-electron chi connectivity index (χ0n) is 6.94. The molecule has 0 aliphatic heterocycles. The molecule has 0 bridgehead atoms. The standard InChI is InChI=1S/C10H10N2/c1-9-2-4-10(5-3-9)12-7-6-11-8-12/h2-8H,1H3. The molecule has 2 rings (SSSR count). The molecule has 0 fully saturated rings. The number of benzene rings is 1. The summed E-state index contributed by atoms with van der Waals surface area (Å²) in [5.41, 5.74) is 2.43. The van der Waals surface area contributed by atoms with Gasteiger partial charge in [-0.1, -0.05) is 17.7 Å². The first kappa shape index (κ1) is 7.10. The van der Waals surface area contributed by atoms with Gasteiger partial charge in [0.05, 0.1) is 6.33 Å². The fourth-order valence-corrected chi connectivity index (χ4v) is 1.13. The summed E-state index contributed by atoms with van der Waals surface area (Å²) in [4.78, 5) is 3.98. The highest BCUT2D eigenvalue weighted by Gasteiger charge is 1.92. The van der Waals surface area contributed by atoms with Crippen molar-refractivity contribution in [2.45, 2.75) is 6.92 Å². The molecule has 2 aromatic rings. The van der Waals surface area contributed by atoms with E-state index in [-0.39, 0.29) is 0 Å². The normalized spacial score (nSPS) is 10.1. The highest BCUT2D eigenvalue weighted by molar-refractivity contribution is 5.33. The average Bonchev–Trinajstić information content (AvgIpc) is 2.58. The van der Waals surface area contributed by atoms with Crippen LogP contribution in [0.4, 0.5) is 0 Å². The Labute approximate surface area is 71.5 Å². The van der Waals surface area contributed by atoms with Crippen molar-refractivity contribution >= 4 is 0 Å². The van der Waals surface area contributed by atoms with E-state index in [1.165, 1.54) is 5.56 Å². The molecule has 1 aromatic heterocycles. The summed E-state index contributed by atoms with van der Waals surface area (Å²) in [5, 5.41) is 0. The summed E-state index contributed by atoms with van der Waals surface area (Å²) in [6.45, 7) is 2.08. The second-order valence-electron chi connectivity index (χ2n) is 2.81. The fourth-order valence-electron chi connectivity index (χ4n) is 1.13. The smallest absolute Gasteiger partial charge is 0.0991 e. The van der Waals surface area contributed by atoms with Crippen LogP contribution in [0.1, 0.15) is 5.56 Å². The van der Waals surface area contributed by atoms with Crippen molar-refractivity contribution in [1.82, 2.24) is 9.55 Å². The predicted molar refractivity (Wildman–Crippen MR) is 48.3 cm³/mol. The Morgan fingerprint density at radius 3 is 2.50 bits per heavy atom. The quantitative estimate of drug-likeness (QED) is 0.622. The minimum absolute atomic E-state index is 1.15. The largest absolute Gasteiger partial charge is 0.306 e. The van der Waals surface area contributed by atoms with Crippen molar-refractivity contribution in [3.8, 4) is 5.69 Å². The number of aromatic nitrogens is 2. The monoisotopic (exact) mass is 158 g/mol. The van der Waals surface area contributed by atoms with E-state index in [0.29, 0.717) is 0 Å². The van der Waals surface area contributed by atoms with Crippen LogP contribution in [0.25, 0.3) is 5.69 Å². The van der Waals surface area contributed by atoms with E-state index in [1.807, 2.05) is 10.8 Å². The van der Waals surface area contributed by atoms with Crippen LogP contribution in [-0.2, 0) is 0 Å². The molecule has 60 valence electrons. The molecule has 0 radical (unpaired) electrons. The van der Waals surface area contributed by atoms with E-state index in [2.05, 4.69) is 36.2 Å². The molecule has 0 saturated carbocycles. The molecule has 0 N–H and O–H groups in total. The Morgan fingerprint density at radius 2 is 1.92 bits per heavy atom. The van der Waals surface area contributed by atoms with Gasteiger partial charge in [-0.25, -0.2) is 4.98 Å². The van der Waals surface area contributed by atoms with Crippen LogP contribution in [-0.4, -0.2) is 9.55 Å². The van der Waals surface area contributed by atoms with Crippen LogP contribution in [0.5, 0.6) is 0 Å². The van der Waals surface area contributed by atoms with Gasteiger partial charge in [0.25, 0.3) is 0 Å². The zero-order valence-corrected chi connectivity index (χ0v) is 6.94. The molecule has 1 aromatic carbocycles. The summed E-state index contributed by atoms with van der Waals surface area (Å²) in [6.07, 6.45) is 5.51. The molecular weight excluding hydrogens is 148 g/mol. The Morgan fingerprint density at radius 1 is 1.17 bits per heavy atom. The molecule has 12 heavy (non-hydrogen) atoms. The minimum atomic E-state index is 1.15. The lowest BCUT2D eigenvalue weighted by molar-refractivity contribution is 1.06. The Kier molecular flexibility index (Phi) is 1.67. The van der Waals surface area contributed by atoms with Gasteiger partial charge in [-0.2, -0.15) is 0 Å². The number of imidazole rings is 1. The van der Waals surface area contributed by atoms with Crippen LogP contribution in [0.15, 0.2) is 43.0 Å². The van der Waals surface area contributed by atoms with Gasteiger partial charge in [0.2, 0.25) is 0 Å². The molecule has 0 atom stereocenters. The van der Waals surface area contributed by atoms with Crippen molar-refractivity contribution in [2.75, 3.05) is 0 Å². The van der Waals surface area contributed by atoms with E-state index in [1.54, 1.807) is 12.5 Å². The number of hydrogen-bond acceptors (Lipinski definition) is 1. The molecule has 2 nitrogen and oxygen atoms in total. The maximum Gasteiger partial charge on any atom is 0.0991 e. The van der Waals surface area contributed by atoms with E-state index < -0.39 is 0 Å². The molecule has 2 heteroatoms. The van der Waals surface area contributed by atoms with Gasteiger partial charge in [0.1, 0.15) is 0 Å². The maximum absolute atomic E-state index is 3.98. The minimum Gasteiger partial charge on any atom is -0.306 e. The Balaban J connectivity index is 2.43. The molecule has 0 saturated heterocycles. The summed E-state index contributed by atoms with van der Waals surface area (Å²) >= 11 is 0. The van der Waals surface area contributed by atoms with Crippen LogP contribution in [0, 0.1) is 6.92 Å².